The van der Waals surface area contributed by atoms with Crippen molar-refractivity contribution in [2.45, 2.75) is 12.7 Å². The smallest absolute Gasteiger partial charge is 0.324 e. The Bertz CT molecular complexity index is 677. The van der Waals surface area contributed by atoms with Crippen LogP contribution in [0.5, 0.6) is 0 Å². The molecule has 0 aliphatic carbocycles. The lowest BCUT2D eigenvalue weighted by Gasteiger charge is -2.14. The molecular weight excluding hydrogens is 331 g/mol. The topological polar surface area (TPSA) is 54.0 Å². The molecular formula is C15H13ClF3N3O. The lowest BCUT2D eigenvalue weighted by molar-refractivity contribution is -0.137. The van der Waals surface area contributed by atoms with Crippen LogP contribution in [-0.2, 0) is 17.5 Å². The first kappa shape index (κ1) is 17.2. The molecule has 0 saturated carbocycles. The van der Waals surface area contributed by atoms with Crippen molar-refractivity contribution in [1.82, 2.24) is 10.3 Å². The summed E-state index contributed by atoms with van der Waals surface area (Å²) in [5, 5.41) is 5.02. The molecule has 0 atom stereocenters. The van der Waals surface area contributed by atoms with Crippen LogP contribution in [0.25, 0.3) is 0 Å². The van der Waals surface area contributed by atoms with Crippen molar-refractivity contribution < 1.29 is 18.0 Å². The Morgan fingerprint density at radius 1 is 1.26 bits per heavy atom. The Morgan fingerprint density at radius 3 is 2.70 bits per heavy atom. The maximum absolute atomic E-state index is 12.9. The van der Waals surface area contributed by atoms with E-state index in [0.29, 0.717) is 6.54 Å². The summed E-state index contributed by atoms with van der Waals surface area (Å²) in [7, 11) is 0. The lowest BCUT2D eigenvalue weighted by Crippen LogP contribution is -2.28. The first-order chi connectivity index (χ1) is 10.9. The molecule has 1 amide bonds. The van der Waals surface area contributed by atoms with Crippen molar-refractivity contribution in [2.24, 2.45) is 0 Å². The molecule has 2 N–H and O–H groups in total. The molecule has 0 spiro atoms. The number of aromatic nitrogens is 1. The van der Waals surface area contributed by atoms with E-state index in [0.717, 1.165) is 17.7 Å². The second-order valence-corrected chi connectivity index (χ2v) is 5.14. The van der Waals surface area contributed by atoms with E-state index >= 15 is 0 Å². The molecule has 2 rings (SSSR count). The van der Waals surface area contributed by atoms with Gasteiger partial charge in [-0.05, 0) is 29.8 Å². The van der Waals surface area contributed by atoms with Gasteiger partial charge in [0, 0.05) is 24.0 Å². The average molecular weight is 344 g/mol. The standard InChI is InChI=1S/C15H13ClF3N3O/c16-11-3-4-13(12(6-11)15(17,18)19)22-14(23)9-21-8-10-2-1-5-20-7-10/h1-7,21H,8-9H2,(H,22,23). The molecule has 1 heterocycles. The van der Waals surface area contributed by atoms with Crippen molar-refractivity contribution in [2.75, 3.05) is 11.9 Å². The van der Waals surface area contributed by atoms with Crippen LogP contribution in [-0.4, -0.2) is 17.4 Å². The zero-order valence-corrected chi connectivity index (χ0v) is 12.6. The summed E-state index contributed by atoms with van der Waals surface area (Å²) >= 11 is 5.58. The summed E-state index contributed by atoms with van der Waals surface area (Å²) in [4.78, 5) is 15.7. The number of alkyl halides is 3. The van der Waals surface area contributed by atoms with Crippen molar-refractivity contribution >= 4 is 23.2 Å². The number of rotatable bonds is 5. The molecule has 0 radical (unpaired) electrons. The number of carbonyl (C=O) groups is 1. The highest BCUT2D eigenvalue weighted by atomic mass is 35.5. The first-order valence-corrected chi connectivity index (χ1v) is 7.00. The second kappa shape index (κ2) is 7.43. The predicted octanol–water partition coefficient (Wildman–Crippen LogP) is 3.48. The van der Waals surface area contributed by atoms with Crippen LogP contribution in [0.1, 0.15) is 11.1 Å². The average Bonchev–Trinajstić information content (AvgIpc) is 2.49. The number of halogens is 4. The van der Waals surface area contributed by atoms with Gasteiger partial charge in [-0.2, -0.15) is 13.2 Å². The fourth-order valence-electron chi connectivity index (χ4n) is 1.88. The van der Waals surface area contributed by atoms with Gasteiger partial charge in [-0.15, -0.1) is 0 Å². The maximum atomic E-state index is 12.9. The monoisotopic (exact) mass is 343 g/mol. The lowest BCUT2D eigenvalue weighted by atomic mass is 10.1. The largest absolute Gasteiger partial charge is 0.418 e. The number of carbonyl (C=O) groups excluding carboxylic acids is 1. The van der Waals surface area contributed by atoms with Gasteiger partial charge >= 0.3 is 6.18 Å². The zero-order chi connectivity index (χ0) is 16.9. The van der Waals surface area contributed by atoms with E-state index in [1.165, 1.54) is 6.07 Å². The normalized spacial score (nSPS) is 11.3. The highest BCUT2D eigenvalue weighted by Gasteiger charge is 2.34. The van der Waals surface area contributed by atoms with E-state index in [1.807, 2.05) is 6.07 Å². The molecule has 8 heteroatoms. The molecule has 0 fully saturated rings. The SMILES string of the molecule is O=C(CNCc1cccnc1)Nc1ccc(Cl)cc1C(F)(F)F. The van der Waals surface area contributed by atoms with Gasteiger partial charge in [0.05, 0.1) is 17.8 Å². The number of amides is 1. The Kier molecular flexibility index (Phi) is 5.57. The Balaban J connectivity index is 1.95. The van der Waals surface area contributed by atoms with Gasteiger partial charge in [0.15, 0.2) is 0 Å². The summed E-state index contributed by atoms with van der Waals surface area (Å²) in [5.74, 6) is -0.582. The number of anilines is 1. The summed E-state index contributed by atoms with van der Waals surface area (Å²) < 4.78 is 38.8. The van der Waals surface area contributed by atoms with Gasteiger partial charge in [-0.25, -0.2) is 0 Å². The van der Waals surface area contributed by atoms with E-state index in [1.54, 1.807) is 18.5 Å². The Hall–Kier alpha value is -2.12. The molecule has 1 aromatic carbocycles. The molecule has 122 valence electrons. The number of hydrogen-bond donors (Lipinski definition) is 2. The third kappa shape index (κ3) is 5.22. The van der Waals surface area contributed by atoms with E-state index in [9.17, 15) is 18.0 Å². The van der Waals surface area contributed by atoms with E-state index in [-0.39, 0.29) is 17.3 Å². The third-order valence-corrected chi connectivity index (χ3v) is 3.13. The van der Waals surface area contributed by atoms with E-state index in [2.05, 4.69) is 15.6 Å². The van der Waals surface area contributed by atoms with Crippen molar-refractivity contribution in [1.29, 1.82) is 0 Å². The van der Waals surface area contributed by atoms with Crippen LogP contribution in [0.2, 0.25) is 5.02 Å². The summed E-state index contributed by atoms with van der Waals surface area (Å²) in [6.07, 6.45) is -1.35. The Labute approximate surface area is 135 Å². The van der Waals surface area contributed by atoms with Crippen molar-refractivity contribution in [3.8, 4) is 0 Å². The predicted molar refractivity (Wildman–Crippen MR) is 81.0 cm³/mol. The minimum Gasteiger partial charge on any atom is -0.324 e. The molecule has 23 heavy (non-hydrogen) atoms. The van der Waals surface area contributed by atoms with Crippen molar-refractivity contribution in [3.05, 3.63) is 58.9 Å². The zero-order valence-electron chi connectivity index (χ0n) is 11.8. The summed E-state index contributed by atoms with van der Waals surface area (Å²) in [6.45, 7) is 0.253. The fourth-order valence-corrected chi connectivity index (χ4v) is 2.05. The first-order valence-electron chi connectivity index (χ1n) is 6.62. The quantitative estimate of drug-likeness (QED) is 0.874. The van der Waals surface area contributed by atoms with Gasteiger partial charge in [0.25, 0.3) is 0 Å². The molecule has 1 aromatic heterocycles. The minimum atomic E-state index is -4.60. The summed E-state index contributed by atoms with van der Waals surface area (Å²) in [5.41, 5.74) is -0.441. The van der Waals surface area contributed by atoms with Crippen LogP contribution in [0.4, 0.5) is 18.9 Å². The number of benzene rings is 1. The second-order valence-electron chi connectivity index (χ2n) is 4.70. The van der Waals surface area contributed by atoms with Gasteiger partial charge in [-0.1, -0.05) is 17.7 Å². The summed E-state index contributed by atoms with van der Waals surface area (Å²) in [6, 6.07) is 6.76. The number of nitrogens with one attached hydrogen (secondary N) is 2. The third-order valence-electron chi connectivity index (χ3n) is 2.90. The molecule has 2 aromatic rings. The van der Waals surface area contributed by atoms with Gasteiger partial charge in [0.2, 0.25) is 5.91 Å². The number of hydrogen-bond acceptors (Lipinski definition) is 3. The van der Waals surface area contributed by atoms with Gasteiger partial charge < -0.3 is 10.6 Å². The van der Waals surface area contributed by atoms with Crippen LogP contribution in [0.15, 0.2) is 42.7 Å². The highest BCUT2D eigenvalue weighted by Crippen LogP contribution is 2.36. The number of pyridine rings is 1. The molecule has 0 saturated heterocycles. The van der Waals surface area contributed by atoms with Crippen LogP contribution >= 0.6 is 11.6 Å². The highest BCUT2D eigenvalue weighted by molar-refractivity contribution is 6.30. The van der Waals surface area contributed by atoms with Crippen LogP contribution in [0, 0.1) is 0 Å². The molecule has 4 nitrogen and oxygen atoms in total. The van der Waals surface area contributed by atoms with E-state index < -0.39 is 17.6 Å². The maximum Gasteiger partial charge on any atom is 0.418 e. The van der Waals surface area contributed by atoms with E-state index in [4.69, 9.17) is 11.6 Å². The van der Waals surface area contributed by atoms with Crippen LogP contribution in [0.3, 0.4) is 0 Å². The van der Waals surface area contributed by atoms with Crippen molar-refractivity contribution in [3.63, 3.8) is 0 Å². The Morgan fingerprint density at radius 2 is 2.04 bits per heavy atom. The molecule has 0 bridgehead atoms. The van der Waals surface area contributed by atoms with Crippen LogP contribution < -0.4 is 10.6 Å². The van der Waals surface area contributed by atoms with Gasteiger partial charge in [0.1, 0.15) is 0 Å². The van der Waals surface area contributed by atoms with Gasteiger partial charge in [-0.3, -0.25) is 9.78 Å². The fraction of sp³-hybridized carbons (Fsp3) is 0.200. The molecule has 0 aliphatic heterocycles. The minimum absolute atomic E-state index is 0.0509. The number of nitrogens with zero attached hydrogens (tertiary/aromatic N) is 1. The molecule has 0 unspecified atom stereocenters. The molecule has 0 aliphatic rings.